The van der Waals surface area contributed by atoms with Gasteiger partial charge in [-0.1, -0.05) is 11.6 Å². The minimum atomic E-state index is -0.840. The van der Waals surface area contributed by atoms with Crippen LogP contribution in [0.5, 0.6) is 5.75 Å². The Balaban J connectivity index is 1.95. The maximum Gasteiger partial charge on any atom is 0.329 e. The number of furan rings is 1. The lowest BCUT2D eigenvalue weighted by Crippen LogP contribution is -2.43. The van der Waals surface area contributed by atoms with E-state index >= 15 is 0 Å². The summed E-state index contributed by atoms with van der Waals surface area (Å²) in [5.41, 5.74) is 0.896. The summed E-state index contributed by atoms with van der Waals surface area (Å²) in [6.07, 6.45) is 0. The lowest BCUT2D eigenvalue weighted by Gasteiger charge is -2.14. The fourth-order valence-electron chi connectivity index (χ4n) is 2.15. The van der Waals surface area contributed by atoms with Gasteiger partial charge in [-0.2, -0.15) is 12.6 Å². The van der Waals surface area contributed by atoms with Crippen LogP contribution in [0.15, 0.2) is 34.7 Å². The molecule has 1 N–H and O–H groups in total. The maximum atomic E-state index is 12.2. The number of esters is 1. The topological polar surface area (TPSA) is 77.8 Å². The van der Waals surface area contributed by atoms with Gasteiger partial charge in [0.1, 0.15) is 24.2 Å². The Labute approximate surface area is 162 Å². The number of carbonyl (C=O) groups excluding carboxylic acids is 2. The summed E-state index contributed by atoms with van der Waals surface area (Å²) in [6.45, 7) is 3.96. The van der Waals surface area contributed by atoms with Crippen molar-refractivity contribution in [2.24, 2.45) is 0 Å². The first-order valence-electron chi connectivity index (χ1n) is 8.00. The molecule has 2 rings (SSSR count). The Morgan fingerprint density at radius 3 is 2.73 bits per heavy atom. The number of halogens is 1. The van der Waals surface area contributed by atoms with Crippen molar-refractivity contribution in [3.05, 3.63) is 52.4 Å². The highest BCUT2D eigenvalue weighted by Crippen LogP contribution is 2.23. The largest absolute Gasteiger partial charge is 0.485 e. The van der Waals surface area contributed by atoms with Crippen molar-refractivity contribution in [3.8, 4) is 5.75 Å². The van der Waals surface area contributed by atoms with Crippen LogP contribution in [-0.4, -0.2) is 30.3 Å². The van der Waals surface area contributed by atoms with Crippen molar-refractivity contribution in [1.29, 1.82) is 0 Å². The smallest absolute Gasteiger partial charge is 0.329 e. The van der Waals surface area contributed by atoms with E-state index in [1.807, 2.05) is 6.92 Å². The third kappa shape index (κ3) is 5.44. The molecule has 1 aromatic carbocycles. The van der Waals surface area contributed by atoms with E-state index in [1.54, 1.807) is 31.2 Å². The molecule has 0 aliphatic heterocycles. The molecular weight excluding hydrogens is 378 g/mol. The van der Waals surface area contributed by atoms with E-state index in [2.05, 4.69) is 17.9 Å². The van der Waals surface area contributed by atoms with Crippen LogP contribution in [0.1, 0.15) is 28.8 Å². The second-order valence-electron chi connectivity index (χ2n) is 5.43. The molecule has 26 heavy (non-hydrogen) atoms. The first kappa shape index (κ1) is 20.2. The molecule has 1 aromatic heterocycles. The average molecular weight is 398 g/mol. The van der Waals surface area contributed by atoms with Gasteiger partial charge < -0.3 is 19.2 Å². The summed E-state index contributed by atoms with van der Waals surface area (Å²) in [5.74, 6) is 0.289. The number of amides is 1. The van der Waals surface area contributed by atoms with Gasteiger partial charge in [0.25, 0.3) is 5.91 Å². The second-order valence-corrected chi connectivity index (χ2v) is 6.23. The third-order valence-electron chi connectivity index (χ3n) is 3.45. The molecule has 8 heteroatoms. The Morgan fingerprint density at radius 1 is 1.31 bits per heavy atom. The molecular formula is C18H20ClNO5S. The summed E-state index contributed by atoms with van der Waals surface area (Å²) < 4.78 is 16.0. The number of carbonyl (C=O) groups is 2. The van der Waals surface area contributed by atoms with Crippen LogP contribution in [0, 0.1) is 6.92 Å². The normalized spacial score (nSPS) is 11.7. The van der Waals surface area contributed by atoms with Crippen molar-refractivity contribution in [1.82, 2.24) is 5.32 Å². The van der Waals surface area contributed by atoms with E-state index in [-0.39, 0.29) is 24.7 Å². The molecule has 0 bridgehead atoms. The van der Waals surface area contributed by atoms with Gasteiger partial charge in [0.2, 0.25) is 0 Å². The van der Waals surface area contributed by atoms with E-state index in [0.29, 0.717) is 16.5 Å². The van der Waals surface area contributed by atoms with E-state index in [9.17, 15) is 9.59 Å². The summed E-state index contributed by atoms with van der Waals surface area (Å²) in [7, 11) is 0. The molecule has 1 atom stereocenters. The number of nitrogens with one attached hydrogen (secondary N) is 1. The quantitative estimate of drug-likeness (QED) is 0.527. The number of aryl methyl sites for hydroxylation is 1. The van der Waals surface area contributed by atoms with Crippen molar-refractivity contribution < 1.29 is 23.5 Å². The summed E-state index contributed by atoms with van der Waals surface area (Å²) in [6, 6.07) is 7.62. The Morgan fingerprint density at radius 2 is 2.08 bits per heavy atom. The standard InChI is InChI=1S/C18H20ClNO5S/c1-3-23-18(22)14(10-26)20-17(21)16-7-5-13(25-16)9-24-15-6-4-12(19)8-11(15)2/h4-8,14,26H,3,9-10H2,1-2H3,(H,20,21)/t14-/m0/s1. The van der Waals surface area contributed by atoms with Crippen LogP contribution in [0.25, 0.3) is 0 Å². The molecule has 0 spiro atoms. The highest BCUT2D eigenvalue weighted by Gasteiger charge is 2.22. The van der Waals surface area contributed by atoms with Crippen LogP contribution in [0.2, 0.25) is 5.02 Å². The summed E-state index contributed by atoms with van der Waals surface area (Å²) in [5, 5.41) is 3.16. The van der Waals surface area contributed by atoms with Crippen LogP contribution < -0.4 is 10.1 Å². The van der Waals surface area contributed by atoms with E-state index in [4.69, 9.17) is 25.5 Å². The zero-order valence-electron chi connectivity index (χ0n) is 14.5. The average Bonchev–Trinajstić information content (AvgIpc) is 3.08. The minimum absolute atomic E-state index is 0.0764. The second kappa shape index (κ2) is 9.54. The number of ether oxygens (including phenoxy) is 2. The van der Waals surface area contributed by atoms with Crippen LogP contribution in [-0.2, 0) is 16.1 Å². The minimum Gasteiger partial charge on any atom is -0.485 e. The van der Waals surface area contributed by atoms with Gasteiger partial charge in [-0.3, -0.25) is 4.79 Å². The van der Waals surface area contributed by atoms with Gasteiger partial charge in [-0.05, 0) is 49.7 Å². The molecule has 6 nitrogen and oxygen atoms in total. The van der Waals surface area contributed by atoms with Gasteiger partial charge in [0, 0.05) is 10.8 Å². The van der Waals surface area contributed by atoms with E-state index in [0.717, 1.165) is 5.56 Å². The number of benzene rings is 1. The molecule has 1 heterocycles. The fourth-order valence-corrected chi connectivity index (χ4v) is 2.62. The van der Waals surface area contributed by atoms with Gasteiger partial charge in [0.05, 0.1) is 6.61 Å². The highest BCUT2D eigenvalue weighted by atomic mass is 35.5. The maximum absolute atomic E-state index is 12.2. The Kier molecular flexibility index (Phi) is 7.41. The number of rotatable bonds is 8. The van der Waals surface area contributed by atoms with Gasteiger partial charge in [-0.25, -0.2) is 4.79 Å². The summed E-state index contributed by atoms with van der Waals surface area (Å²) in [4.78, 5) is 23.9. The number of hydrogen-bond acceptors (Lipinski definition) is 6. The molecule has 1 amide bonds. The predicted molar refractivity (Wildman–Crippen MR) is 101 cm³/mol. The summed E-state index contributed by atoms with van der Waals surface area (Å²) >= 11 is 9.97. The molecule has 2 aromatic rings. The lowest BCUT2D eigenvalue weighted by molar-refractivity contribution is -0.144. The van der Waals surface area contributed by atoms with Gasteiger partial charge >= 0.3 is 5.97 Å². The number of thiol groups is 1. The number of hydrogen-bond donors (Lipinski definition) is 2. The van der Waals surface area contributed by atoms with Gasteiger partial charge in [0.15, 0.2) is 5.76 Å². The molecule has 0 radical (unpaired) electrons. The van der Waals surface area contributed by atoms with Crippen molar-refractivity contribution >= 4 is 36.1 Å². The molecule has 0 aliphatic carbocycles. The predicted octanol–water partition coefficient (Wildman–Crippen LogP) is 3.41. The van der Waals surface area contributed by atoms with Crippen LogP contribution >= 0.6 is 24.2 Å². The zero-order chi connectivity index (χ0) is 19.1. The molecule has 0 saturated carbocycles. The Bertz CT molecular complexity index is 777. The van der Waals surface area contributed by atoms with Crippen molar-refractivity contribution in [2.75, 3.05) is 12.4 Å². The molecule has 0 unspecified atom stereocenters. The molecule has 0 fully saturated rings. The molecule has 140 valence electrons. The monoisotopic (exact) mass is 397 g/mol. The molecule has 0 saturated heterocycles. The molecule has 0 aliphatic rings. The lowest BCUT2D eigenvalue weighted by atomic mass is 10.2. The van der Waals surface area contributed by atoms with Crippen LogP contribution in [0.4, 0.5) is 0 Å². The van der Waals surface area contributed by atoms with E-state index < -0.39 is 17.9 Å². The third-order valence-corrected chi connectivity index (χ3v) is 4.05. The fraction of sp³-hybridized carbons (Fsp3) is 0.333. The van der Waals surface area contributed by atoms with E-state index in [1.165, 1.54) is 6.07 Å². The van der Waals surface area contributed by atoms with Gasteiger partial charge in [-0.15, -0.1) is 0 Å². The first-order valence-corrected chi connectivity index (χ1v) is 9.01. The zero-order valence-corrected chi connectivity index (χ0v) is 16.1. The highest BCUT2D eigenvalue weighted by molar-refractivity contribution is 7.80. The SMILES string of the molecule is CCOC(=O)[C@H](CS)NC(=O)c1ccc(COc2ccc(Cl)cc2C)o1. The van der Waals surface area contributed by atoms with Crippen molar-refractivity contribution in [3.63, 3.8) is 0 Å². The van der Waals surface area contributed by atoms with Crippen LogP contribution in [0.3, 0.4) is 0 Å². The Hall–Kier alpha value is -2.12. The first-order chi connectivity index (χ1) is 12.4. The van der Waals surface area contributed by atoms with Crippen molar-refractivity contribution in [2.45, 2.75) is 26.5 Å².